The summed E-state index contributed by atoms with van der Waals surface area (Å²) in [5.41, 5.74) is 6.53. The van der Waals surface area contributed by atoms with Crippen molar-refractivity contribution in [2.24, 2.45) is 23.5 Å². The molecule has 1 aromatic heterocycles. The molecule has 14 nitrogen and oxygen atoms in total. The standard InChI is InChI=1S/C43H68N6O8S/c1-9-11-14-21-56-26-49(43(55)38(28(5)10-2)47-41(54)35-15-12-13-20-48(35)8)36(27(3)4)24-37(57-30(7)50)42-46-34(25-58-42)40(53)45-32(22-29(6)39(44)52)23-31-16-18-33(51)19-17-31/h16-19,25,27-29,32,35-38,51H,9-15,20-24,26H2,1-8H3,(H2,44,52)(H,45,53)(H,47,54)/t28-,29-,32+,35+,36+,37+,38-/m0/s1. The first-order valence-corrected chi connectivity index (χ1v) is 21.8. The SMILES string of the molecule is CCCCCOCN(C(=O)[C@@H](NC(=O)[C@H]1CCCCN1C)[C@@H](C)CC)[C@H](C[C@@H](OC(C)=O)c1nc(C(=O)N[C@@H](Cc2ccc(O)cc2)C[C@H](C)C(N)=O)cs1)C(C)C. The molecule has 0 spiro atoms. The predicted octanol–water partition coefficient (Wildman–Crippen LogP) is 5.73. The van der Waals surface area contributed by atoms with Gasteiger partial charge < -0.3 is 35.8 Å². The number of aromatic nitrogens is 1. The number of esters is 1. The summed E-state index contributed by atoms with van der Waals surface area (Å²) >= 11 is 1.17. The first-order valence-electron chi connectivity index (χ1n) is 21.0. The number of primary amides is 1. The van der Waals surface area contributed by atoms with Crippen LogP contribution in [0.1, 0.15) is 133 Å². The second-order valence-electron chi connectivity index (χ2n) is 16.2. The molecule has 0 radical (unpaired) electrons. The Labute approximate surface area is 349 Å². The van der Waals surface area contributed by atoms with E-state index in [1.807, 2.05) is 39.6 Å². The van der Waals surface area contributed by atoms with Crippen LogP contribution >= 0.6 is 11.3 Å². The van der Waals surface area contributed by atoms with Crippen LogP contribution in [-0.4, -0.2) is 101 Å². The lowest BCUT2D eigenvalue weighted by Crippen LogP contribution is -2.59. The van der Waals surface area contributed by atoms with Crippen LogP contribution in [0.3, 0.4) is 0 Å². The monoisotopic (exact) mass is 828 g/mol. The third-order valence-corrected chi connectivity index (χ3v) is 12.0. The summed E-state index contributed by atoms with van der Waals surface area (Å²) in [5, 5.41) is 17.8. The lowest BCUT2D eigenvalue weighted by molar-refractivity contribution is -0.153. The Kier molecular flexibility index (Phi) is 20.1. The number of phenols is 1. The third-order valence-electron chi connectivity index (χ3n) is 11.1. The Morgan fingerprint density at radius 2 is 1.74 bits per heavy atom. The molecule has 1 saturated heterocycles. The van der Waals surface area contributed by atoms with Gasteiger partial charge in [-0.15, -0.1) is 11.3 Å². The molecule has 0 aliphatic carbocycles. The van der Waals surface area contributed by atoms with E-state index in [0.29, 0.717) is 24.5 Å². The van der Waals surface area contributed by atoms with Crippen molar-refractivity contribution in [3.63, 3.8) is 0 Å². The number of thiazole rings is 1. The Morgan fingerprint density at radius 3 is 2.34 bits per heavy atom. The van der Waals surface area contributed by atoms with Crippen LogP contribution in [-0.2, 0) is 35.1 Å². The number of amides is 4. The van der Waals surface area contributed by atoms with Crippen molar-refractivity contribution in [3.05, 3.63) is 45.9 Å². The average Bonchev–Trinajstić information content (AvgIpc) is 3.68. The molecule has 1 aromatic carbocycles. The number of hydrogen-bond donors (Lipinski definition) is 4. The van der Waals surface area contributed by atoms with E-state index in [2.05, 4.69) is 22.5 Å². The van der Waals surface area contributed by atoms with E-state index in [4.69, 9.17) is 15.2 Å². The quantitative estimate of drug-likeness (QED) is 0.0577. The molecule has 324 valence electrons. The molecule has 1 aliphatic heterocycles. The Morgan fingerprint density at radius 1 is 1.03 bits per heavy atom. The summed E-state index contributed by atoms with van der Waals surface area (Å²) in [6.07, 6.45) is 6.13. The number of benzene rings is 1. The number of likely N-dealkylation sites (tertiary alicyclic amines) is 1. The zero-order valence-corrected chi connectivity index (χ0v) is 36.6. The maximum absolute atomic E-state index is 14.8. The number of aromatic hydroxyl groups is 1. The molecule has 15 heteroatoms. The maximum Gasteiger partial charge on any atom is 0.303 e. The van der Waals surface area contributed by atoms with Crippen molar-refractivity contribution in [1.82, 2.24) is 25.4 Å². The number of carbonyl (C=O) groups is 5. The lowest BCUT2D eigenvalue weighted by Gasteiger charge is -2.40. The van der Waals surface area contributed by atoms with E-state index in [1.165, 1.54) is 18.3 Å². The van der Waals surface area contributed by atoms with Crippen molar-refractivity contribution in [3.8, 4) is 5.75 Å². The van der Waals surface area contributed by atoms with Gasteiger partial charge in [-0.25, -0.2) is 4.98 Å². The summed E-state index contributed by atoms with van der Waals surface area (Å²) in [6.45, 7) is 14.3. The number of piperidine rings is 1. The van der Waals surface area contributed by atoms with Crippen LogP contribution in [0.2, 0.25) is 0 Å². The van der Waals surface area contributed by atoms with Gasteiger partial charge in [-0.1, -0.05) is 79.4 Å². The summed E-state index contributed by atoms with van der Waals surface area (Å²) in [7, 11) is 1.94. The molecule has 2 aromatic rings. The van der Waals surface area contributed by atoms with Crippen molar-refractivity contribution in [2.45, 2.75) is 143 Å². The van der Waals surface area contributed by atoms with Gasteiger partial charge in [0.1, 0.15) is 29.2 Å². The minimum atomic E-state index is -0.901. The smallest absolute Gasteiger partial charge is 0.303 e. The highest BCUT2D eigenvalue weighted by Crippen LogP contribution is 2.32. The van der Waals surface area contributed by atoms with Crippen molar-refractivity contribution in [2.75, 3.05) is 26.9 Å². The van der Waals surface area contributed by atoms with Gasteiger partial charge in [0.15, 0.2) is 6.10 Å². The van der Waals surface area contributed by atoms with Gasteiger partial charge in [0.2, 0.25) is 17.7 Å². The van der Waals surface area contributed by atoms with Gasteiger partial charge in [0.25, 0.3) is 5.91 Å². The number of likely N-dealkylation sites (N-methyl/N-ethyl adjacent to an activating group) is 1. The summed E-state index contributed by atoms with van der Waals surface area (Å²) in [5.74, 6) is -2.63. The highest BCUT2D eigenvalue weighted by molar-refractivity contribution is 7.09. The van der Waals surface area contributed by atoms with Crippen LogP contribution in [0, 0.1) is 17.8 Å². The van der Waals surface area contributed by atoms with Gasteiger partial charge in [-0.3, -0.25) is 28.9 Å². The number of unbranched alkanes of at least 4 members (excludes halogenated alkanes) is 2. The van der Waals surface area contributed by atoms with Crippen molar-refractivity contribution >= 4 is 40.9 Å². The minimum Gasteiger partial charge on any atom is -0.508 e. The molecule has 1 fully saturated rings. The molecule has 58 heavy (non-hydrogen) atoms. The lowest BCUT2D eigenvalue weighted by atomic mass is 9.92. The summed E-state index contributed by atoms with van der Waals surface area (Å²) in [6, 6.07) is 4.51. The molecular weight excluding hydrogens is 761 g/mol. The molecule has 4 amide bonds. The fourth-order valence-electron chi connectivity index (χ4n) is 7.29. The number of nitrogens with one attached hydrogen (secondary N) is 2. The minimum absolute atomic E-state index is 0.0119. The number of rotatable bonds is 24. The van der Waals surface area contributed by atoms with Gasteiger partial charge in [0.05, 0.1) is 6.04 Å². The molecular formula is C43H68N6O8S. The van der Waals surface area contributed by atoms with E-state index in [9.17, 15) is 29.1 Å². The molecule has 0 saturated carbocycles. The zero-order chi connectivity index (χ0) is 42.9. The first-order chi connectivity index (χ1) is 27.6. The number of ether oxygens (including phenoxy) is 2. The van der Waals surface area contributed by atoms with Crippen LogP contribution in [0.25, 0.3) is 0 Å². The molecule has 7 atom stereocenters. The topological polar surface area (TPSA) is 193 Å². The fourth-order valence-corrected chi connectivity index (χ4v) is 8.13. The van der Waals surface area contributed by atoms with E-state index in [0.717, 1.165) is 50.6 Å². The second kappa shape index (κ2) is 24.1. The number of hydrogen-bond acceptors (Lipinski definition) is 11. The van der Waals surface area contributed by atoms with Crippen LogP contribution < -0.4 is 16.4 Å². The molecule has 5 N–H and O–H groups in total. The fraction of sp³-hybridized carbons (Fsp3) is 0.674. The highest BCUT2D eigenvalue weighted by atomic mass is 32.1. The van der Waals surface area contributed by atoms with Gasteiger partial charge >= 0.3 is 5.97 Å². The Bertz CT molecular complexity index is 1620. The Hall–Kier alpha value is -4.08. The van der Waals surface area contributed by atoms with Crippen molar-refractivity contribution < 1.29 is 38.6 Å². The number of carbonyl (C=O) groups excluding carboxylic acids is 5. The summed E-state index contributed by atoms with van der Waals surface area (Å²) < 4.78 is 12.0. The van der Waals surface area contributed by atoms with Crippen LogP contribution in [0.15, 0.2) is 29.6 Å². The van der Waals surface area contributed by atoms with Gasteiger partial charge in [0, 0.05) is 43.3 Å². The average molecular weight is 829 g/mol. The van der Waals surface area contributed by atoms with Crippen molar-refractivity contribution in [1.29, 1.82) is 0 Å². The zero-order valence-electron chi connectivity index (χ0n) is 35.8. The molecule has 0 bridgehead atoms. The van der Waals surface area contributed by atoms with E-state index in [-0.39, 0.29) is 60.7 Å². The molecule has 2 heterocycles. The van der Waals surface area contributed by atoms with Crippen LogP contribution in [0.5, 0.6) is 5.75 Å². The number of nitrogens with zero attached hydrogens (tertiary/aromatic N) is 3. The van der Waals surface area contributed by atoms with Gasteiger partial charge in [-0.05, 0) is 75.2 Å². The van der Waals surface area contributed by atoms with Gasteiger partial charge in [-0.2, -0.15) is 0 Å². The predicted molar refractivity (Wildman–Crippen MR) is 225 cm³/mol. The number of phenolic OH excluding ortho intramolecular Hbond substituents is 1. The third kappa shape index (κ3) is 14.9. The second-order valence-corrected chi connectivity index (χ2v) is 17.1. The van der Waals surface area contributed by atoms with E-state index >= 15 is 0 Å². The highest BCUT2D eigenvalue weighted by Gasteiger charge is 2.39. The molecule has 1 aliphatic rings. The molecule has 0 unspecified atom stereocenters. The maximum atomic E-state index is 14.8. The van der Waals surface area contributed by atoms with Crippen LogP contribution in [0.4, 0.5) is 0 Å². The Balaban J connectivity index is 1.93. The first kappa shape index (κ1) is 48.3. The number of nitrogens with two attached hydrogens (primary N) is 1. The summed E-state index contributed by atoms with van der Waals surface area (Å²) in [4.78, 5) is 75.1. The van der Waals surface area contributed by atoms with E-state index < -0.39 is 47.9 Å². The molecule has 3 rings (SSSR count). The largest absolute Gasteiger partial charge is 0.508 e. The van der Waals surface area contributed by atoms with E-state index in [1.54, 1.807) is 41.5 Å². The normalized spacial score (nSPS) is 17.7.